The highest BCUT2D eigenvalue weighted by atomic mass is 16.5. The molecule has 0 radical (unpaired) electrons. The third-order valence-electron chi connectivity index (χ3n) is 2.85. The van der Waals surface area contributed by atoms with Crippen LogP contribution in [0.3, 0.4) is 0 Å². The standard InChI is InChI=1S/C15H24N2O3/c1-4-16-12(2)13-6-5-7-14(10-13)17-15(18)11-20-9-8-19-3/h5-7,10,12,16H,4,8-9,11H2,1-3H3,(H,17,18). The molecule has 0 aliphatic rings. The van der Waals surface area contributed by atoms with Gasteiger partial charge in [0.05, 0.1) is 13.2 Å². The first-order valence-corrected chi connectivity index (χ1v) is 6.87. The minimum Gasteiger partial charge on any atom is -0.382 e. The molecular weight excluding hydrogens is 256 g/mol. The van der Waals surface area contributed by atoms with E-state index in [4.69, 9.17) is 9.47 Å². The minimum absolute atomic E-state index is 0.0380. The molecule has 1 aromatic rings. The minimum atomic E-state index is -0.158. The summed E-state index contributed by atoms with van der Waals surface area (Å²) in [5.74, 6) is -0.158. The lowest BCUT2D eigenvalue weighted by molar-refractivity contribution is -0.121. The molecule has 0 fully saturated rings. The number of carbonyl (C=O) groups excluding carboxylic acids is 1. The number of carbonyl (C=O) groups is 1. The molecule has 0 aliphatic carbocycles. The zero-order chi connectivity index (χ0) is 14.8. The van der Waals surface area contributed by atoms with Crippen molar-refractivity contribution in [3.05, 3.63) is 29.8 Å². The van der Waals surface area contributed by atoms with Crippen LogP contribution in [0, 0.1) is 0 Å². The maximum absolute atomic E-state index is 11.7. The van der Waals surface area contributed by atoms with E-state index in [0.717, 1.165) is 17.8 Å². The van der Waals surface area contributed by atoms with Crippen molar-refractivity contribution in [1.29, 1.82) is 0 Å². The topological polar surface area (TPSA) is 59.6 Å². The normalized spacial score (nSPS) is 12.2. The summed E-state index contributed by atoms with van der Waals surface area (Å²) in [5.41, 5.74) is 1.93. The van der Waals surface area contributed by atoms with Gasteiger partial charge in [-0.25, -0.2) is 0 Å². The Morgan fingerprint density at radius 3 is 2.85 bits per heavy atom. The van der Waals surface area contributed by atoms with Crippen molar-refractivity contribution < 1.29 is 14.3 Å². The van der Waals surface area contributed by atoms with Gasteiger partial charge in [0, 0.05) is 18.8 Å². The monoisotopic (exact) mass is 280 g/mol. The molecule has 1 aromatic carbocycles. The lowest BCUT2D eigenvalue weighted by atomic mass is 10.1. The van der Waals surface area contributed by atoms with E-state index >= 15 is 0 Å². The maximum atomic E-state index is 11.7. The van der Waals surface area contributed by atoms with Crippen LogP contribution in [-0.2, 0) is 14.3 Å². The van der Waals surface area contributed by atoms with Crippen LogP contribution in [0.1, 0.15) is 25.5 Å². The Labute approximate surface area is 120 Å². The van der Waals surface area contributed by atoms with Gasteiger partial charge in [-0.15, -0.1) is 0 Å². The van der Waals surface area contributed by atoms with Crippen LogP contribution in [0.4, 0.5) is 5.69 Å². The van der Waals surface area contributed by atoms with Crippen molar-refractivity contribution in [1.82, 2.24) is 5.32 Å². The number of anilines is 1. The van der Waals surface area contributed by atoms with Gasteiger partial charge in [0.25, 0.3) is 0 Å². The van der Waals surface area contributed by atoms with Crippen LogP contribution in [-0.4, -0.2) is 39.4 Å². The summed E-state index contributed by atoms with van der Waals surface area (Å²) in [7, 11) is 1.60. The summed E-state index contributed by atoms with van der Waals surface area (Å²) in [5, 5.41) is 6.16. The van der Waals surface area contributed by atoms with Gasteiger partial charge < -0.3 is 20.1 Å². The van der Waals surface area contributed by atoms with E-state index in [-0.39, 0.29) is 18.6 Å². The highest BCUT2D eigenvalue weighted by Gasteiger charge is 2.06. The molecule has 20 heavy (non-hydrogen) atoms. The summed E-state index contributed by atoms with van der Waals surface area (Å²) in [6.07, 6.45) is 0. The molecule has 2 N–H and O–H groups in total. The fraction of sp³-hybridized carbons (Fsp3) is 0.533. The van der Waals surface area contributed by atoms with Crippen LogP contribution in [0.15, 0.2) is 24.3 Å². The quantitative estimate of drug-likeness (QED) is 0.679. The molecule has 0 bridgehead atoms. The number of amides is 1. The SMILES string of the molecule is CCNC(C)c1cccc(NC(=O)COCCOC)c1. The van der Waals surface area contributed by atoms with Gasteiger partial charge in [-0.3, -0.25) is 4.79 Å². The molecule has 1 amide bonds. The molecule has 0 aliphatic heterocycles. The highest BCUT2D eigenvalue weighted by molar-refractivity contribution is 5.91. The average Bonchev–Trinajstić information content (AvgIpc) is 2.44. The van der Waals surface area contributed by atoms with Gasteiger partial charge in [-0.1, -0.05) is 19.1 Å². The van der Waals surface area contributed by atoms with Crippen molar-refractivity contribution in [2.45, 2.75) is 19.9 Å². The van der Waals surface area contributed by atoms with Crippen LogP contribution in [0.2, 0.25) is 0 Å². The predicted molar refractivity (Wildman–Crippen MR) is 79.9 cm³/mol. The Morgan fingerprint density at radius 2 is 2.15 bits per heavy atom. The van der Waals surface area contributed by atoms with Crippen molar-refractivity contribution in [2.75, 3.05) is 38.8 Å². The lowest BCUT2D eigenvalue weighted by Gasteiger charge is -2.14. The van der Waals surface area contributed by atoms with E-state index in [9.17, 15) is 4.79 Å². The number of hydrogen-bond donors (Lipinski definition) is 2. The number of rotatable bonds is 9. The molecule has 0 heterocycles. The number of methoxy groups -OCH3 is 1. The third kappa shape index (κ3) is 6.14. The second-order valence-electron chi connectivity index (χ2n) is 4.50. The first-order chi connectivity index (χ1) is 9.67. The molecule has 0 aromatic heterocycles. The number of hydrogen-bond acceptors (Lipinski definition) is 4. The molecule has 5 heteroatoms. The summed E-state index contributed by atoms with van der Waals surface area (Å²) in [6, 6.07) is 8.08. The molecule has 1 atom stereocenters. The van der Waals surface area contributed by atoms with Crippen molar-refractivity contribution in [3.63, 3.8) is 0 Å². The Kier molecular flexibility index (Phi) is 7.87. The fourth-order valence-corrected chi connectivity index (χ4v) is 1.81. The smallest absolute Gasteiger partial charge is 0.250 e. The summed E-state index contributed by atoms with van der Waals surface area (Å²) >= 11 is 0. The summed E-state index contributed by atoms with van der Waals surface area (Å²) < 4.78 is 10.0. The van der Waals surface area contributed by atoms with Crippen molar-refractivity contribution in [2.24, 2.45) is 0 Å². The molecule has 0 saturated heterocycles. The molecule has 1 unspecified atom stereocenters. The maximum Gasteiger partial charge on any atom is 0.250 e. The van der Waals surface area contributed by atoms with Gasteiger partial charge in [-0.2, -0.15) is 0 Å². The number of nitrogens with one attached hydrogen (secondary N) is 2. The van der Waals surface area contributed by atoms with Gasteiger partial charge in [-0.05, 0) is 31.2 Å². The molecule has 0 spiro atoms. The van der Waals surface area contributed by atoms with E-state index in [1.807, 2.05) is 24.3 Å². The predicted octanol–water partition coefficient (Wildman–Crippen LogP) is 1.96. The van der Waals surface area contributed by atoms with E-state index < -0.39 is 0 Å². The zero-order valence-electron chi connectivity index (χ0n) is 12.4. The van der Waals surface area contributed by atoms with Gasteiger partial charge in [0.2, 0.25) is 5.91 Å². The zero-order valence-corrected chi connectivity index (χ0v) is 12.4. The van der Waals surface area contributed by atoms with Gasteiger partial charge >= 0.3 is 0 Å². The Hall–Kier alpha value is -1.43. The van der Waals surface area contributed by atoms with Crippen molar-refractivity contribution in [3.8, 4) is 0 Å². The molecular formula is C15H24N2O3. The second-order valence-corrected chi connectivity index (χ2v) is 4.50. The van der Waals surface area contributed by atoms with Gasteiger partial charge in [0.15, 0.2) is 0 Å². The van der Waals surface area contributed by atoms with E-state index in [0.29, 0.717) is 13.2 Å². The molecule has 5 nitrogen and oxygen atoms in total. The second kappa shape index (κ2) is 9.47. The molecule has 1 rings (SSSR count). The van der Waals surface area contributed by atoms with Crippen LogP contribution in [0.25, 0.3) is 0 Å². The van der Waals surface area contributed by atoms with Gasteiger partial charge in [0.1, 0.15) is 6.61 Å². The Balaban J connectivity index is 2.47. The lowest BCUT2D eigenvalue weighted by Crippen LogP contribution is -2.20. The van der Waals surface area contributed by atoms with Crippen LogP contribution in [0.5, 0.6) is 0 Å². The number of benzene rings is 1. The first kappa shape index (κ1) is 16.6. The third-order valence-corrected chi connectivity index (χ3v) is 2.85. The average molecular weight is 280 g/mol. The van der Waals surface area contributed by atoms with Crippen LogP contribution < -0.4 is 10.6 Å². The Morgan fingerprint density at radius 1 is 1.35 bits per heavy atom. The van der Waals surface area contributed by atoms with Crippen LogP contribution >= 0.6 is 0 Å². The largest absolute Gasteiger partial charge is 0.382 e. The van der Waals surface area contributed by atoms with E-state index in [1.165, 1.54) is 0 Å². The summed E-state index contributed by atoms with van der Waals surface area (Å²) in [4.78, 5) is 11.7. The highest BCUT2D eigenvalue weighted by Crippen LogP contribution is 2.17. The molecule has 112 valence electrons. The number of ether oxygens (including phenoxy) is 2. The first-order valence-electron chi connectivity index (χ1n) is 6.87. The van der Waals surface area contributed by atoms with E-state index in [1.54, 1.807) is 7.11 Å². The fourth-order valence-electron chi connectivity index (χ4n) is 1.81. The summed E-state index contributed by atoms with van der Waals surface area (Å²) in [6.45, 7) is 6.02. The van der Waals surface area contributed by atoms with Crippen molar-refractivity contribution >= 4 is 11.6 Å². The van der Waals surface area contributed by atoms with E-state index in [2.05, 4.69) is 24.5 Å². The Bertz CT molecular complexity index is 410. The molecule has 0 saturated carbocycles.